The molecule has 94 valence electrons. The third-order valence-corrected chi connectivity index (χ3v) is 3.60. The Morgan fingerprint density at radius 2 is 1.89 bits per heavy atom. The third-order valence-electron chi connectivity index (χ3n) is 2.21. The summed E-state index contributed by atoms with van der Waals surface area (Å²) in [5, 5.41) is 5.94. The minimum atomic E-state index is -0.334. The third kappa shape index (κ3) is 2.78. The number of aromatic nitrogens is 2. The predicted molar refractivity (Wildman–Crippen MR) is 76.7 cm³/mol. The van der Waals surface area contributed by atoms with Crippen molar-refractivity contribution in [1.29, 1.82) is 0 Å². The van der Waals surface area contributed by atoms with E-state index in [4.69, 9.17) is 0 Å². The molecule has 7 heteroatoms. The van der Waals surface area contributed by atoms with Gasteiger partial charge in [0.05, 0.1) is 4.47 Å². The fourth-order valence-electron chi connectivity index (χ4n) is 1.34. The second-order valence-electron chi connectivity index (χ2n) is 3.39. The summed E-state index contributed by atoms with van der Waals surface area (Å²) in [7, 11) is 1.76. The molecule has 1 aromatic heterocycles. The van der Waals surface area contributed by atoms with Crippen molar-refractivity contribution in [3.05, 3.63) is 39.3 Å². The highest BCUT2D eigenvalue weighted by molar-refractivity contribution is 9.11. The van der Waals surface area contributed by atoms with Gasteiger partial charge in [0, 0.05) is 12.7 Å². The van der Waals surface area contributed by atoms with Gasteiger partial charge in [0.15, 0.2) is 0 Å². The normalized spacial score (nSPS) is 10.2. The summed E-state index contributed by atoms with van der Waals surface area (Å²) >= 11 is 6.48. The molecule has 0 radical (unpaired) electrons. The van der Waals surface area contributed by atoms with Gasteiger partial charge in [0.2, 0.25) is 0 Å². The van der Waals surface area contributed by atoms with Crippen LogP contribution in [0.4, 0.5) is 21.7 Å². The number of hydrogen-bond donors (Lipinski definition) is 2. The molecular formula is C11H9Br2FN4. The zero-order chi connectivity index (χ0) is 13.1. The zero-order valence-corrected chi connectivity index (χ0v) is 12.5. The topological polar surface area (TPSA) is 49.8 Å². The zero-order valence-electron chi connectivity index (χ0n) is 9.34. The highest BCUT2D eigenvalue weighted by Gasteiger charge is 2.08. The van der Waals surface area contributed by atoms with Gasteiger partial charge in [0.1, 0.15) is 28.3 Å². The fraction of sp³-hybridized carbons (Fsp3) is 0.0909. The molecule has 0 saturated heterocycles. The Labute approximate surface area is 120 Å². The maximum atomic E-state index is 13.4. The molecule has 0 aliphatic carbocycles. The van der Waals surface area contributed by atoms with Crippen molar-refractivity contribution in [3.8, 4) is 0 Å². The Hall–Kier alpha value is -1.21. The molecule has 4 nitrogen and oxygen atoms in total. The number of benzene rings is 1. The van der Waals surface area contributed by atoms with Crippen molar-refractivity contribution < 1.29 is 4.39 Å². The summed E-state index contributed by atoms with van der Waals surface area (Å²) < 4.78 is 14.5. The standard InChI is InChI=1S/C11H9Br2FN4/c1-15-10-9(13)11(17-5-16-10)18-6-2-3-7(12)8(14)4-6/h2-5H,1H3,(H2,15,16,17,18). The minimum Gasteiger partial charge on any atom is -0.372 e. The molecule has 1 heterocycles. The summed E-state index contributed by atoms with van der Waals surface area (Å²) in [6, 6.07) is 4.77. The van der Waals surface area contributed by atoms with Gasteiger partial charge < -0.3 is 10.6 Å². The van der Waals surface area contributed by atoms with E-state index in [2.05, 4.69) is 52.5 Å². The van der Waals surface area contributed by atoms with Crippen LogP contribution in [0.5, 0.6) is 0 Å². The maximum absolute atomic E-state index is 13.4. The van der Waals surface area contributed by atoms with Gasteiger partial charge in [-0.25, -0.2) is 14.4 Å². The van der Waals surface area contributed by atoms with Crippen molar-refractivity contribution in [1.82, 2.24) is 9.97 Å². The summed E-state index contributed by atoms with van der Waals surface area (Å²) in [6.45, 7) is 0. The van der Waals surface area contributed by atoms with Crippen molar-refractivity contribution in [2.75, 3.05) is 17.7 Å². The van der Waals surface area contributed by atoms with Crippen LogP contribution < -0.4 is 10.6 Å². The molecule has 18 heavy (non-hydrogen) atoms. The summed E-state index contributed by atoms with van der Waals surface area (Å²) in [5.41, 5.74) is 0.608. The Morgan fingerprint density at radius 1 is 1.17 bits per heavy atom. The van der Waals surface area contributed by atoms with Crippen LogP contribution in [0.25, 0.3) is 0 Å². The largest absolute Gasteiger partial charge is 0.372 e. The number of hydrogen-bond acceptors (Lipinski definition) is 4. The fourth-order valence-corrected chi connectivity index (χ4v) is 2.09. The lowest BCUT2D eigenvalue weighted by atomic mass is 10.3. The molecule has 2 aromatic rings. The van der Waals surface area contributed by atoms with Crippen molar-refractivity contribution in [2.45, 2.75) is 0 Å². The van der Waals surface area contributed by atoms with E-state index in [-0.39, 0.29) is 5.82 Å². The summed E-state index contributed by atoms with van der Waals surface area (Å²) in [6.07, 6.45) is 1.42. The number of halogens is 3. The average molecular weight is 376 g/mol. The van der Waals surface area contributed by atoms with Gasteiger partial charge in [-0.3, -0.25) is 0 Å². The lowest BCUT2D eigenvalue weighted by Crippen LogP contribution is -2.00. The molecule has 0 atom stereocenters. The van der Waals surface area contributed by atoms with Crippen LogP contribution >= 0.6 is 31.9 Å². The van der Waals surface area contributed by atoms with Gasteiger partial charge in [-0.1, -0.05) is 0 Å². The first-order chi connectivity index (χ1) is 8.61. The molecule has 0 unspecified atom stereocenters. The monoisotopic (exact) mass is 374 g/mol. The van der Waals surface area contributed by atoms with Crippen LogP contribution in [0.1, 0.15) is 0 Å². The smallest absolute Gasteiger partial charge is 0.150 e. The lowest BCUT2D eigenvalue weighted by molar-refractivity contribution is 0.622. The van der Waals surface area contributed by atoms with Gasteiger partial charge in [-0.05, 0) is 50.1 Å². The van der Waals surface area contributed by atoms with Crippen molar-refractivity contribution in [3.63, 3.8) is 0 Å². The van der Waals surface area contributed by atoms with E-state index in [1.165, 1.54) is 12.4 Å². The minimum absolute atomic E-state index is 0.334. The van der Waals surface area contributed by atoms with E-state index >= 15 is 0 Å². The van der Waals surface area contributed by atoms with E-state index in [0.29, 0.717) is 26.3 Å². The van der Waals surface area contributed by atoms with Crippen molar-refractivity contribution >= 4 is 49.2 Å². The number of nitrogens with zero attached hydrogens (tertiary/aromatic N) is 2. The van der Waals surface area contributed by atoms with E-state index in [1.807, 2.05) is 0 Å². The molecule has 0 saturated carbocycles. The first kappa shape index (κ1) is 13.2. The highest BCUT2D eigenvalue weighted by Crippen LogP contribution is 2.29. The van der Waals surface area contributed by atoms with Crippen LogP contribution in [0.15, 0.2) is 33.5 Å². The van der Waals surface area contributed by atoms with Gasteiger partial charge in [-0.15, -0.1) is 0 Å². The van der Waals surface area contributed by atoms with Crippen LogP contribution in [-0.4, -0.2) is 17.0 Å². The molecule has 2 rings (SSSR count). The lowest BCUT2D eigenvalue weighted by Gasteiger charge is -2.10. The molecular weight excluding hydrogens is 367 g/mol. The molecule has 0 fully saturated rings. The predicted octanol–water partition coefficient (Wildman–Crippen LogP) is 3.93. The van der Waals surface area contributed by atoms with Crippen LogP contribution in [0.2, 0.25) is 0 Å². The van der Waals surface area contributed by atoms with E-state index in [1.54, 1.807) is 19.2 Å². The SMILES string of the molecule is CNc1ncnc(Nc2ccc(Br)c(F)c2)c1Br. The van der Waals surface area contributed by atoms with E-state index < -0.39 is 0 Å². The number of anilines is 3. The second kappa shape index (κ2) is 5.62. The van der Waals surface area contributed by atoms with Crippen LogP contribution in [-0.2, 0) is 0 Å². The molecule has 0 aliphatic rings. The second-order valence-corrected chi connectivity index (χ2v) is 5.04. The quantitative estimate of drug-likeness (QED) is 0.853. The van der Waals surface area contributed by atoms with Gasteiger partial charge in [0.25, 0.3) is 0 Å². The Balaban J connectivity index is 2.31. The first-order valence-corrected chi connectivity index (χ1v) is 6.60. The van der Waals surface area contributed by atoms with E-state index in [0.717, 1.165) is 0 Å². The first-order valence-electron chi connectivity index (χ1n) is 5.02. The average Bonchev–Trinajstić information content (AvgIpc) is 2.36. The highest BCUT2D eigenvalue weighted by atomic mass is 79.9. The summed E-state index contributed by atoms with van der Waals surface area (Å²) in [5.74, 6) is 0.889. The Bertz CT molecular complexity index is 577. The molecule has 1 aromatic carbocycles. The summed E-state index contributed by atoms with van der Waals surface area (Å²) in [4.78, 5) is 8.13. The molecule has 0 bridgehead atoms. The number of rotatable bonds is 3. The van der Waals surface area contributed by atoms with Crippen LogP contribution in [0, 0.1) is 5.82 Å². The van der Waals surface area contributed by atoms with Gasteiger partial charge >= 0.3 is 0 Å². The van der Waals surface area contributed by atoms with E-state index in [9.17, 15) is 4.39 Å². The molecule has 0 amide bonds. The Morgan fingerprint density at radius 3 is 2.56 bits per heavy atom. The molecule has 2 N–H and O–H groups in total. The van der Waals surface area contributed by atoms with Gasteiger partial charge in [-0.2, -0.15) is 0 Å². The van der Waals surface area contributed by atoms with Crippen molar-refractivity contribution in [2.24, 2.45) is 0 Å². The van der Waals surface area contributed by atoms with Crippen LogP contribution in [0.3, 0.4) is 0 Å². The molecule has 0 spiro atoms. The molecule has 0 aliphatic heterocycles. The number of nitrogens with one attached hydrogen (secondary N) is 2. The Kier molecular flexibility index (Phi) is 4.13. The maximum Gasteiger partial charge on any atom is 0.150 e.